The summed E-state index contributed by atoms with van der Waals surface area (Å²) in [4.78, 5) is 0. The van der Waals surface area contributed by atoms with Gasteiger partial charge in [0.05, 0.1) is 12.7 Å². The lowest BCUT2D eigenvalue weighted by molar-refractivity contribution is -0.174. The summed E-state index contributed by atoms with van der Waals surface area (Å²) in [5.74, 6) is 0.315. The van der Waals surface area contributed by atoms with Crippen molar-refractivity contribution >= 4 is 0 Å². The van der Waals surface area contributed by atoms with Crippen molar-refractivity contribution in [3.8, 4) is 0 Å². The normalized spacial score (nSPS) is 52.3. The number of hydrogen-bond acceptors (Lipinski definition) is 3. The number of aliphatic hydroxyl groups excluding tert-OH is 1. The molecule has 0 bridgehead atoms. The molecule has 2 fully saturated rings. The molecule has 0 saturated carbocycles. The highest BCUT2D eigenvalue weighted by molar-refractivity contribution is 5.02. The van der Waals surface area contributed by atoms with E-state index in [1.165, 1.54) is 0 Å². The molecule has 0 amide bonds. The van der Waals surface area contributed by atoms with Gasteiger partial charge in [-0.15, -0.1) is 6.58 Å². The summed E-state index contributed by atoms with van der Waals surface area (Å²) in [7, 11) is 0. The van der Waals surface area contributed by atoms with Crippen molar-refractivity contribution in [3.63, 3.8) is 0 Å². The van der Waals surface area contributed by atoms with Gasteiger partial charge >= 0.3 is 0 Å². The minimum absolute atomic E-state index is 0.0820. The highest BCUT2D eigenvalue weighted by Crippen LogP contribution is 2.43. The Balaban J connectivity index is 2.17. The Morgan fingerprint density at radius 1 is 1.67 bits per heavy atom. The molecule has 0 spiro atoms. The molecule has 4 atom stereocenters. The zero-order valence-corrected chi connectivity index (χ0v) is 7.19. The van der Waals surface area contributed by atoms with Gasteiger partial charge in [0.25, 0.3) is 0 Å². The van der Waals surface area contributed by atoms with E-state index >= 15 is 0 Å². The molecule has 2 heterocycles. The maximum Gasteiger partial charge on any atom is 0.184 e. The lowest BCUT2D eigenvalue weighted by atomic mass is 9.91. The molecule has 0 aromatic rings. The van der Waals surface area contributed by atoms with Gasteiger partial charge in [0, 0.05) is 5.92 Å². The molecule has 2 aliphatic heterocycles. The molecule has 0 aromatic carbocycles. The number of aliphatic hydroxyl groups is 1. The number of fused-ring (bicyclic) bond motifs is 1. The Bertz CT molecular complexity index is 204. The van der Waals surface area contributed by atoms with Crippen molar-refractivity contribution < 1.29 is 14.6 Å². The molecular weight excluding hydrogens is 156 g/mol. The Kier molecular flexibility index (Phi) is 1.75. The van der Waals surface area contributed by atoms with Gasteiger partial charge in [-0.25, -0.2) is 0 Å². The second kappa shape index (κ2) is 2.55. The SMILES string of the molecule is C=C[C@H]1C[C@H]2COC(O)[C@@]2(C)O1. The third-order valence-electron chi connectivity index (χ3n) is 2.94. The summed E-state index contributed by atoms with van der Waals surface area (Å²) in [6, 6.07) is 0. The standard InChI is InChI=1S/C9H14O3/c1-3-7-4-6-5-11-8(10)9(6,2)12-7/h3,6-8,10H,1,4-5H2,2H3/t6-,7-,8?,9-/m0/s1. The van der Waals surface area contributed by atoms with Gasteiger partial charge in [0.2, 0.25) is 0 Å². The maximum atomic E-state index is 9.49. The smallest absolute Gasteiger partial charge is 0.184 e. The van der Waals surface area contributed by atoms with E-state index in [4.69, 9.17) is 9.47 Å². The number of hydrogen-bond donors (Lipinski definition) is 1. The monoisotopic (exact) mass is 170 g/mol. The van der Waals surface area contributed by atoms with Crippen LogP contribution in [0.2, 0.25) is 0 Å². The fraction of sp³-hybridized carbons (Fsp3) is 0.778. The van der Waals surface area contributed by atoms with E-state index in [2.05, 4.69) is 6.58 Å². The Hall–Kier alpha value is -0.380. The van der Waals surface area contributed by atoms with Crippen LogP contribution in [0.1, 0.15) is 13.3 Å². The molecular formula is C9H14O3. The fourth-order valence-electron chi connectivity index (χ4n) is 2.00. The summed E-state index contributed by atoms with van der Waals surface area (Å²) >= 11 is 0. The highest BCUT2D eigenvalue weighted by atomic mass is 16.7. The van der Waals surface area contributed by atoms with E-state index in [1.807, 2.05) is 6.92 Å². The molecule has 1 N–H and O–H groups in total. The molecule has 68 valence electrons. The molecule has 1 unspecified atom stereocenters. The molecule has 0 aliphatic carbocycles. The molecule has 2 saturated heterocycles. The second-order valence-electron chi connectivity index (χ2n) is 3.69. The molecule has 2 rings (SSSR count). The van der Waals surface area contributed by atoms with Crippen LogP contribution in [0.5, 0.6) is 0 Å². The Morgan fingerprint density at radius 2 is 2.42 bits per heavy atom. The van der Waals surface area contributed by atoms with Crippen LogP contribution in [0.3, 0.4) is 0 Å². The Morgan fingerprint density at radius 3 is 3.00 bits per heavy atom. The minimum Gasteiger partial charge on any atom is -0.366 e. The lowest BCUT2D eigenvalue weighted by Crippen LogP contribution is -2.39. The highest BCUT2D eigenvalue weighted by Gasteiger charge is 2.54. The summed E-state index contributed by atoms with van der Waals surface area (Å²) < 4.78 is 10.8. The molecule has 3 nitrogen and oxygen atoms in total. The summed E-state index contributed by atoms with van der Waals surface area (Å²) in [5, 5.41) is 9.49. The Labute approximate surface area is 72.0 Å². The van der Waals surface area contributed by atoms with Crippen LogP contribution < -0.4 is 0 Å². The molecule has 0 radical (unpaired) electrons. The van der Waals surface area contributed by atoms with Crippen molar-refractivity contribution in [1.29, 1.82) is 0 Å². The number of ether oxygens (including phenoxy) is 2. The first-order valence-electron chi connectivity index (χ1n) is 4.27. The predicted octanol–water partition coefficient (Wildman–Crippen LogP) is 0.685. The molecule has 12 heavy (non-hydrogen) atoms. The molecule has 2 aliphatic rings. The van der Waals surface area contributed by atoms with E-state index in [0.717, 1.165) is 6.42 Å². The van der Waals surface area contributed by atoms with E-state index in [0.29, 0.717) is 12.5 Å². The van der Waals surface area contributed by atoms with Crippen molar-refractivity contribution in [2.24, 2.45) is 5.92 Å². The van der Waals surface area contributed by atoms with Crippen molar-refractivity contribution in [2.75, 3.05) is 6.61 Å². The fourth-order valence-corrected chi connectivity index (χ4v) is 2.00. The van der Waals surface area contributed by atoms with Crippen LogP contribution in [-0.2, 0) is 9.47 Å². The van der Waals surface area contributed by atoms with Crippen molar-refractivity contribution in [3.05, 3.63) is 12.7 Å². The predicted molar refractivity (Wildman–Crippen MR) is 43.5 cm³/mol. The van der Waals surface area contributed by atoms with E-state index in [-0.39, 0.29) is 6.10 Å². The average Bonchev–Trinajstić information content (AvgIpc) is 2.50. The summed E-state index contributed by atoms with van der Waals surface area (Å²) in [6.07, 6.45) is 2.01. The van der Waals surface area contributed by atoms with Crippen LogP contribution in [0, 0.1) is 5.92 Å². The second-order valence-corrected chi connectivity index (χ2v) is 3.69. The van der Waals surface area contributed by atoms with Crippen LogP contribution in [0.25, 0.3) is 0 Å². The average molecular weight is 170 g/mol. The maximum absolute atomic E-state index is 9.49. The van der Waals surface area contributed by atoms with E-state index < -0.39 is 11.9 Å². The van der Waals surface area contributed by atoms with Crippen LogP contribution in [-0.4, -0.2) is 29.7 Å². The third-order valence-corrected chi connectivity index (χ3v) is 2.94. The van der Waals surface area contributed by atoms with Gasteiger partial charge in [-0.1, -0.05) is 6.08 Å². The number of rotatable bonds is 1. The van der Waals surface area contributed by atoms with Crippen molar-refractivity contribution in [2.45, 2.75) is 31.3 Å². The van der Waals surface area contributed by atoms with Crippen LogP contribution in [0.4, 0.5) is 0 Å². The summed E-state index contributed by atoms with van der Waals surface area (Å²) in [5.41, 5.74) is -0.501. The molecule has 3 heteroatoms. The van der Waals surface area contributed by atoms with Crippen molar-refractivity contribution in [1.82, 2.24) is 0 Å². The van der Waals surface area contributed by atoms with Gasteiger partial charge in [-0.2, -0.15) is 0 Å². The first kappa shape index (κ1) is 8.23. The molecule has 0 aromatic heterocycles. The minimum atomic E-state index is -0.771. The zero-order valence-electron chi connectivity index (χ0n) is 7.19. The van der Waals surface area contributed by atoms with Gasteiger partial charge in [0.15, 0.2) is 6.29 Å². The van der Waals surface area contributed by atoms with Gasteiger partial charge in [-0.05, 0) is 13.3 Å². The summed E-state index contributed by atoms with van der Waals surface area (Å²) in [6.45, 7) is 6.18. The van der Waals surface area contributed by atoms with Gasteiger partial charge in [0.1, 0.15) is 5.60 Å². The topological polar surface area (TPSA) is 38.7 Å². The van der Waals surface area contributed by atoms with Gasteiger partial charge < -0.3 is 14.6 Å². The quantitative estimate of drug-likeness (QED) is 0.588. The third kappa shape index (κ3) is 0.937. The van der Waals surface area contributed by atoms with Crippen LogP contribution >= 0.6 is 0 Å². The van der Waals surface area contributed by atoms with E-state index in [9.17, 15) is 5.11 Å². The zero-order chi connectivity index (χ0) is 8.77. The van der Waals surface area contributed by atoms with E-state index in [1.54, 1.807) is 6.08 Å². The van der Waals surface area contributed by atoms with Gasteiger partial charge in [-0.3, -0.25) is 0 Å². The van der Waals surface area contributed by atoms with Crippen LogP contribution in [0.15, 0.2) is 12.7 Å². The first-order valence-corrected chi connectivity index (χ1v) is 4.27. The largest absolute Gasteiger partial charge is 0.366 e. The first-order chi connectivity index (χ1) is 5.66. The lowest BCUT2D eigenvalue weighted by Gasteiger charge is -2.25.